The van der Waals surface area contributed by atoms with Crippen LogP contribution in [0.3, 0.4) is 0 Å². The lowest BCUT2D eigenvalue weighted by molar-refractivity contribution is 1.49. The molecule has 4 heterocycles. The normalized spacial score (nSPS) is 12.8. The van der Waals surface area contributed by atoms with Crippen molar-refractivity contribution < 1.29 is 0 Å². The quantitative estimate of drug-likeness (QED) is 0.131. The topological polar surface area (TPSA) is 47.6 Å². The van der Waals surface area contributed by atoms with E-state index >= 15 is 0 Å². The van der Waals surface area contributed by atoms with Crippen molar-refractivity contribution in [3.63, 3.8) is 0 Å². The lowest BCUT2D eigenvalue weighted by Gasteiger charge is -2.33. The van der Waals surface area contributed by atoms with E-state index in [1.54, 1.807) is 0 Å². The van der Waals surface area contributed by atoms with Crippen molar-refractivity contribution in [3.8, 4) is 101 Å². The minimum absolute atomic E-state index is 0.0250. The van der Waals surface area contributed by atoms with Crippen LogP contribution in [0.15, 0.2) is 206 Å². The van der Waals surface area contributed by atoms with Crippen LogP contribution in [0.4, 0.5) is 0 Å². The fourth-order valence-corrected chi connectivity index (χ4v) is 13.7. The average Bonchev–Trinajstić information content (AvgIpc) is 3.95. The predicted octanol–water partition coefficient (Wildman–Crippen LogP) is 11.9. The monoisotopic (exact) mass is 876 g/mol. The van der Waals surface area contributed by atoms with Crippen LogP contribution < -0.4 is 32.8 Å². The molecule has 0 aromatic heterocycles. The van der Waals surface area contributed by atoms with Gasteiger partial charge in [0.05, 0.1) is 23.3 Å². The highest BCUT2D eigenvalue weighted by Gasteiger charge is 2.45. The Kier molecular flexibility index (Phi) is 7.41. The van der Waals surface area contributed by atoms with Gasteiger partial charge >= 0.3 is 0 Å². The molecule has 4 heteroatoms. The zero-order valence-electron chi connectivity index (χ0n) is 37.7. The van der Waals surface area contributed by atoms with Crippen LogP contribution in [-0.2, 0) is 0 Å². The van der Waals surface area contributed by atoms with Crippen molar-refractivity contribution in [3.05, 3.63) is 217 Å². The molecule has 0 aliphatic carbocycles. The van der Waals surface area contributed by atoms with Crippen LogP contribution in [0.1, 0.15) is 11.1 Å². The third-order valence-electron chi connectivity index (χ3n) is 16.3. The first-order valence-corrected chi connectivity index (χ1v) is 24.2. The molecule has 0 spiro atoms. The number of fused-ring (bicyclic) bond motifs is 10. The molecule has 0 saturated heterocycles. The summed E-state index contributed by atoms with van der Waals surface area (Å²) in [5, 5.41) is 29.0. The van der Waals surface area contributed by atoms with E-state index in [-0.39, 0.29) is 13.4 Å². The molecule has 0 saturated carbocycles. The summed E-state index contributed by atoms with van der Waals surface area (Å²) in [7, 11) is 0. The van der Waals surface area contributed by atoms with Crippen molar-refractivity contribution in [2.24, 2.45) is 0 Å². The summed E-state index contributed by atoms with van der Waals surface area (Å²) in [6.45, 7) is -0.0501. The number of benzene rings is 12. The van der Waals surface area contributed by atoms with Gasteiger partial charge < -0.3 is 0 Å². The van der Waals surface area contributed by atoms with Gasteiger partial charge in [0.1, 0.15) is 0 Å². The molecule has 0 fully saturated rings. The molecule has 0 atom stereocenters. The Morgan fingerprint density at radius 2 is 0.600 bits per heavy atom. The van der Waals surface area contributed by atoms with E-state index in [0.29, 0.717) is 11.1 Å². The van der Waals surface area contributed by atoms with Gasteiger partial charge in [-0.2, -0.15) is 10.5 Å². The van der Waals surface area contributed by atoms with E-state index < -0.39 is 0 Å². The molecule has 4 aliphatic rings. The second kappa shape index (κ2) is 13.7. The minimum atomic E-state index is -0.0250. The molecule has 70 heavy (non-hydrogen) atoms. The van der Waals surface area contributed by atoms with Crippen LogP contribution in [0.25, 0.3) is 121 Å². The van der Waals surface area contributed by atoms with Gasteiger partial charge in [0, 0.05) is 0 Å². The van der Waals surface area contributed by atoms with Crippen molar-refractivity contribution in [2.45, 2.75) is 0 Å². The van der Waals surface area contributed by atoms with Gasteiger partial charge in [-0.25, -0.2) is 0 Å². The highest BCUT2D eigenvalue weighted by atomic mass is 14.4. The lowest BCUT2D eigenvalue weighted by Crippen LogP contribution is -2.53. The Balaban J connectivity index is 1.17. The molecular weight excluding hydrogens is 842 g/mol. The number of rotatable bonds is 4. The van der Waals surface area contributed by atoms with E-state index in [4.69, 9.17) is 0 Å². The van der Waals surface area contributed by atoms with Crippen LogP contribution in [0.2, 0.25) is 0 Å². The van der Waals surface area contributed by atoms with Gasteiger partial charge in [-0.3, -0.25) is 0 Å². The van der Waals surface area contributed by atoms with E-state index in [1.165, 1.54) is 132 Å². The third-order valence-corrected chi connectivity index (χ3v) is 16.3. The molecule has 12 aromatic rings. The fraction of sp³-hybridized carbons (Fsp3) is 0. The summed E-state index contributed by atoms with van der Waals surface area (Å²) in [5.41, 5.74) is 27.8. The van der Waals surface area contributed by atoms with Gasteiger partial charge in [0.25, 0.3) is 0 Å². The molecule has 0 bridgehead atoms. The number of nitriles is 2. The Morgan fingerprint density at radius 3 is 1.00 bits per heavy atom. The van der Waals surface area contributed by atoms with Crippen molar-refractivity contribution in [1.82, 2.24) is 0 Å². The highest BCUT2D eigenvalue weighted by molar-refractivity contribution is 7.03. The number of nitrogens with zero attached hydrogens (tertiary/aromatic N) is 2. The first kappa shape index (κ1) is 37.8. The van der Waals surface area contributed by atoms with E-state index in [0.717, 1.165) is 22.3 Å². The fourth-order valence-electron chi connectivity index (χ4n) is 13.7. The maximum atomic E-state index is 10.7. The highest BCUT2D eigenvalue weighted by Crippen LogP contribution is 2.52. The third kappa shape index (κ3) is 4.77. The second-order valence-electron chi connectivity index (χ2n) is 19.5. The zero-order valence-corrected chi connectivity index (χ0v) is 37.7. The standard InChI is InChI=1S/C66H34B2N2/c69-35-37-27-53-45-23-12-14-26-58(45)68-60-34-52-48(44-22-10-8-20-42(44)40-17-5-2-6-18-40)32-50-56-30-38(36-70)28-54-46-24-11-13-25-57(46)67(66(54)56)59-33-51-47(43-21-9-7-19-41(43)39-15-3-1-4-16-39)31-49(55(29-37)65(53)68)61(60)63(51)64(52)62(50)59/h1-34H. The molecule has 0 N–H and O–H groups in total. The summed E-state index contributed by atoms with van der Waals surface area (Å²) in [6, 6.07) is 81.0. The van der Waals surface area contributed by atoms with Gasteiger partial charge in [0.15, 0.2) is 0 Å². The SMILES string of the molecule is N#Cc1cc2c3c(c1)-c1cc(-c4ccccc4-c4ccccc4)c4cc5c6c(cc(-c7ccccc7-c7ccccc7)c7cc(c1c4c76)B3c1ccccc1-2)-c1cc(C#N)cc2c1B5c1ccccc1-2. The summed E-state index contributed by atoms with van der Waals surface area (Å²) in [4.78, 5) is 0. The first-order valence-electron chi connectivity index (χ1n) is 24.2. The lowest BCUT2D eigenvalue weighted by atomic mass is 9.34. The minimum Gasteiger partial charge on any atom is -0.192 e. The largest absolute Gasteiger partial charge is 0.244 e. The van der Waals surface area contributed by atoms with Crippen molar-refractivity contribution in [1.29, 1.82) is 10.5 Å². The smallest absolute Gasteiger partial charge is 0.192 e. The van der Waals surface area contributed by atoms with E-state index in [9.17, 15) is 10.5 Å². The zero-order chi connectivity index (χ0) is 45.9. The van der Waals surface area contributed by atoms with Gasteiger partial charge in [-0.15, -0.1) is 0 Å². The Bertz CT molecular complexity index is 4160. The van der Waals surface area contributed by atoms with Crippen LogP contribution >= 0.6 is 0 Å². The molecule has 2 nitrogen and oxygen atoms in total. The number of hydrogen-bond acceptors (Lipinski definition) is 2. The van der Waals surface area contributed by atoms with Gasteiger partial charge in [-0.1, -0.05) is 203 Å². The van der Waals surface area contributed by atoms with Gasteiger partial charge in [-0.05, 0) is 158 Å². The van der Waals surface area contributed by atoms with Gasteiger partial charge in [0.2, 0.25) is 13.4 Å². The molecule has 16 rings (SSSR count). The van der Waals surface area contributed by atoms with Crippen molar-refractivity contribution >= 4 is 78.5 Å². The molecule has 4 aliphatic heterocycles. The summed E-state index contributed by atoms with van der Waals surface area (Å²) >= 11 is 0. The van der Waals surface area contributed by atoms with E-state index in [2.05, 4.69) is 218 Å². The van der Waals surface area contributed by atoms with Crippen LogP contribution in [0.5, 0.6) is 0 Å². The molecular formula is C66H34B2N2. The summed E-state index contributed by atoms with van der Waals surface area (Å²) in [6.07, 6.45) is 0. The molecule has 0 amide bonds. The van der Waals surface area contributed by atoms with Crippen molar-refractivity contribution in [2.75, 3.05) is 0 Å². The molecule has 314 valence electrons. The van der Waals surface area contributed by atoms with Crippen LogP contribution in [-0.4, -0.2) is 13.4 Å². The number of hydrogen-bond donors (Lipinski definition) is 0. The van der Waals surface area contributed by atoms with Crippen LogP contribution in [0, 0.1) is 22.7 Å². The Labute approximate surface area is 405 Å². The molecule has 0 radical (unpaired) electrons. The maximum absolute atomic E-state index is 10.7. The Hall–Kier alpha value is -9.21. The second-order valence-corrected chi connectivity index (χ2v) is 19.5. The predicted molar refractivity (Wildman–Crippen MR) is 292 cm³/mol. The molecule has 12 aromatic carbocycles. The molecule has 0 unspecified atom stereocenters. The van der Waals surface area contributed by atoms with E-state index in [1.807, 2.05) is 0 Å². The average molecular weight is 877 g/mol. The first-order chi connectivity index (χ1) is 34.7. The summed E-state index contributed by atoms with van der Waals surface area (Å²) in [5.74, 6) is 0. The summed E-state index contributed by atoms with van der Waals surface area (Å²) < 4.78 is 0. The maximum Gasteiger partial charge on any atom is 0.244 e. The Morgan fingerprint density at radius 1 is 0.257 bits per heavy atom.